The van der Waals surface area contributed by atoms with Crippen molar-refractivity contribution in [3.8, 4) is 0 Å². The molecule has 0 saturated carbocycles. The Hall–Kier alpha value is -3.04. The van der Waals surface area contributed by atoms with Crippen LogP contribution in [-0.4, -0.2) is 24.1 Å². The van der Waals surface area contributed by atoms with Gasteiger partial charge < -0.3 is 5.32 Å². The van der Waals surface area contributed by atoms with E-state index in [4.69, 9.17) is 11.6 Å². The molecule has 0 saturated heterocycles. The van der Waals surface area contributed by atoms with Crippen LogP contribution < -0.4 is 10.9 Å². The van der Waals surface area contributed by atoms with Crippen molar-refractivity contribution in [1.82, 2.24) is 9.78 Å². The highest BCUT2D eigenvalue weighted by Crippen LogP contribution is 2.20. The average Bonchev–Trinajstić information content (AvgIpc) is 2.66. The third kappa shape index (κ3) is 4.69. The molecule has 1 amide bonds. The second kappa shape index (κ2) is 8.14. The van der Waals surface area contributed by atoms with Gasteiger partial charge in [0.05, 0.1) is 4.90 Å². The second-order valence-electron chi connectivity index (χ2n) is 6.14. The van der Waals surface area contributed by atoms with Gasteiger partial charge in [0.25, 0.3) is 5.56 Å². The quantitative estimate of drug-likeness (QED) is 0.664. The van der Waals surface area contributed by atoms with Crippen LogP contribution in [0.25, 0.3) is 0 Å². The smallest absolute Gasteiger partial charge is 0.267 e. The first-order valence-electron chi connectivity index (χ1n) is 8.31. The van der Waals surface area contributed by atoms with Gasteiger partial charge in [0.1, 0.15) is 12.4 Å². The van der Waals surface area contributed by atoms with Gasteiger partial charge in [0.2, 0.25) is 15.7 Å². The third-order valence-electron chi connectivity index (χ3n) is 3.99. The number of anilines is 1. The van der Waals surface area contributed by atoms with Crippen LogP contribution in [0.4, 0.5) is 10.1 Å². The number of aromatic nitrogens is 2. The summed E-state index contributed by atoms with van der Waals surface area (Å²) in [6.07, 6.45) is 0. The van der Waals surface area contributed by atoms with Crippen molar-refractivity contribution in [2.24, 2.45) is 0 Å². The summed E-state index contributed by atoms with van der Waals surface area (Å²) in [6, 6.07) is 11.3. The summed E-state index contributed by atoms with van der Waals surface area (Å²) in [5, 5.41) is 6.32. The van der Waals surface area contributed by atoms with E-state index in [2.05, 4.69) is 10.4 Å². The van der Waals surface area contributed by atoms with Gasteiger partial charge in [-0.1, -0.05) is 23.7 Å². The van der Waals surface area contributed by atoms with E-state index in [9.17, 15) is 22.4 Å². The van der Waals surface area contributed by atoms with Crippen LogP contribution in [-0.2, 0) is 21.2 Å². The van der Waals surface area contributed by atoms with Gasteiger partial charge in [-0.25, -0.2) is 17.5 Å². The van der Waals surface area contributed by atoms with Crippen LogP contribution in [0.2, 0.25) is 5.02 Å². The van der Waals surface area contributed by atoms with Crippen LogP contribution in [0, 0.1) is 12.7 Å². The first-order chi connectivity index (χ1) is 13.7. The minimum Gasteiger partial charge on any atom is -0.324 e. The van der Waals surface area contributed by atoms with Gasteiger partial charge in [-0.15, -0.1) is 0 Å². The molecule has 10 heteroatoms. The van der Waals surface area contributed by atoms with Gasteiger partial charge in [0.15, 0.2) is 5.03 Å². The van der Waals surface area contributed by atoms with E-state index in [0.717, 1.165) is 34.5 Å². The highest BCUT2D eigenvalue weighted by Gasteiger charge is 2.21. The zero-order valence-corrected chi connectivity index (χ0v) is 16.7. The molecule has 0 unspecified atom stereocenters. The number of halogens is 2. The van der Waals surface area contributed by atoms with E-state index in [0.29, 0.717) is 10.7 Å². The number of carbonyl (C=O) groups is 1. The Kier molecular flexibility index (Phi) is 5.81. The summed E-state index contributed by atoms with van der Waals surface area (Å²) in [6.45, 7) is 1.25. The normalized spacial score (nSPS) is 11.3. The fourth-order valence-electron chi connectivity index (χ4n) is 2.50. The number of hydrogen-bond donors (Lipinski definition) is 1. The number of nitrogens with one attached hydrogen (secondary N) is 1. The van der Waals surface area contributed by atoms with Crippen molar-refractivity contribution >= 4 is 33.0 Å². The molecule has 1 N–H and O–H groups in total. The van der Waals surface area contributed by atoms with Crippen LogP contribution in [0.3, 0.4) is 0 Å². The number of aryl methyl sites for hydroxylation is 1. The predicted octanol–water partition coefficient (Wildman–Crippen LogP) is 2.82. The summed E-state index contributed by atoms with van der Waals surface area (Å²) in [5.41, 5.74) is 0.547. The molecule has 29 heavy (non-hydrogen) atoms. The summed E-state index contributed by atoms with van der Waals surface area (Å²) in [5.74, 6) is -1.32. The Morgan fingerprint density at radius 3 is 2.66 bits per heavy atom. The van der Waals surface area contributed by atoms with Crippen LogP contribution >= 0.6 is 11.6 Å². The Morgan fingerprint density at radius 1 is 1.17 bits per heavy atom. The van der Waals surface area contributed by atoms with E-state index >= 15 is 0 Å². The minimum atomic E-state index is -4.17. The van der Waals surface area contributed by atoms with Gasteiger partial charge in [0, 0.05) is 16.8 Å². The van der Waals surface area contributed by atoms with Gasteiger partial charge in [-0.3, -0.25) is 9.59 Å². The van der Waals surface area contributed by atoms with E-state index in [1.165, 1.54) is 12.1 Å². The Balaban J connectivity index is 1.88. The number of carbonyl (C=O) groups excluding carboxylic acids is 1. The summed E-state index contributed by atoms with van der Waals surface area (Å²) >= 11 is 5.91. The van der Waals surface area contributed by atoms with Crippen molar-refractivity contribution < 1.29 is 17.6 Å². The zero-order chi connectivity index (χ0) is 21.2. The average molecular weight is 436 g/mol. The molecule has 0 aliphatic rings. The fourth-order valence-corrected chi connectivity index (χ4v) is 3.89. The minimum absolute atomic E-state index is 0.311. The molecule has 3 rings (SSSR count). The lowest BCUT2D eigenvalue weighted by atomic mass is 10.2. The maximum atomic E-state index is 13.4. The topological polar surface area (TPSA) is 98.1 Å². The van der Waals surface area contributed by atoms with Gasteiger partial charge in [-0.05, 0) is 48.9 Å². The molecule has 0 bridgehead atoms. The summed E-state index contributed by atoms with van der Waals surface area (Å²) in [7, 11) is -4.17. The van der Waals surface area contributed by atoms with Crippen molar-refractivity contribution in [2.75, 3.05) is 5.32 Å². The number of sulfone groups is 1. The van der Waals surface area contributed by atoms with E-state index < -0.39 is 38.7 Å². The number of hydrogen-bond acceptors (Lipinski definition) is 5. The Bertz CT molecular complexity index is 1260. The van der Waals surface area contributed by atoms with Crippen molar-refractivity contribution in [2.45, 2.75) is 23.4 Å². The molecule has 0 fully saturated rings. The van der Waals surface area contributed by atoms with Crippen LogP contribution in [0.15, 0.2) is 69.3 Å². The molecule has 1 aromatic heterocycles. The van der Waals surface area contributed by atoms with Crippen LogP contribution in [0.5, 0.6) is 0 Å². The summed E-state index contributed by atoms with van der Waals surface area (Å²) in [4.78, 5) is 24.1. The first-order valence-corrected chi connectivity index (χ1v) is 10.2. The Morgan fingerprint density at radius 2 is 1.93 bits per heavy atom. The molecule has 0 aliphatic heterocycles. The van der Waals surface area contributed by atoms with Crippen molar-refractivity contribution in [3.63, 3.8) is 0 Å². The predicted molar refractivity (Wildman–Crippen MR) is 105 cm³/mol. The number of nitrogens with zero attached hydrogens (tertiary/aromatic N) is 2. The molecular weight excluding hydrogens is 421 g/mol. The maximum Gasteiger partial charge on any atom is 0.267 e. The number of amides is 1. The molecule has 0 atom stereocenters. The van der Waals surface area contributed by atoms with Crippen molar-refractivity contribution in [3.05, 3.63) is 81.4 Å². The molecule has 1 heterocycles. The number of rotatable bonds is 5. The van der Waals surface area contributed by atoms with Crippen LogP contribution in [0.1, 0.15) is 5.56 Å². The lowest BCUT2D eigenvalue weighted by Gasteiger charge is -2.10. The molecule has 3 aromatic rings. The molecule has 0 aliphatic carbocycles. The highest BCUT2D eigenvalue weighted by atomic mass is 35.5. The number of benzene rings is 2. The molecule has 0 spiro atoms. The zero-order valence-electron chi connectivity index (χ0n) is 15.1. The maximum absolute atomic E-state index is 13.4. The van der Waals surface area contributed by atoms with E-state index in [1.54, 1.807) is 25.1 Å². The molecule has 2 aromatic carbocycles. The molecule has 7 nitrogen and oxygen atoms in total. The first kappa shape index (κ1) is 20.7. The van der Waals surface area contributed by atoms with Gasteiger partial charge >= 0.3 is 0 Å². The largest absolute Gasteiger partial charge is 0.324 e. The lowest BCUT2D eigenvalue weighted by molar-refractivity contribution is -0.117. The highest BCUT2D eigenvalue weighted by molar-refractivity contribution is 7.91. The Labute approximate surface area is 170 Å². The monoisotopic (exact) mass is 435 g/mol. The van der Waals surface area contributed by atoms with Crippen molar-refractivity contribution in [1.29, 1.82) is 0 Å². The standard InChI is InChI=1S/C19H15ClFN3O4S/c1-12-5-6-13(20)9-16(12)22-17(25)11-24-19(26)8-7-18(23-24)29(27,28)15-4-2-3-14(21)10-15/h2-10H,11H2,1H3,(H,22,25). The third-order valence-corrected chi connectivity index (χ3v) is 5.87. The fraction of sp³-hybridized carbons (Fsp3) is 0.105. The van der Waals surface area contributed by atoms with E-state index in [-0.39, 0.29) is 4.90 Å². The lowest BCUT2D eigenvalue weighted by Crippen LogP contribution is -2.30. The summed E-state index contributed by atoms with van der Waals surface area (Å²) < 4.78 is 39.4. The molecular formula is C19H15ClFN3O4S. The molecule has 150 valence electrons. The second-order valence-corrected chi connectivity index (χ2v) is 8.47. The SMILES string of the molecule is Cc1ccc(Cl)cc1NC(=O)Cn1nc(S(=O)(=O)c2cccc(F)c2)ccc1=O. The van der Waals surface area contributed by atoms with E-state index in [1.807, 2.05) is 0 Å². The van der Waals surface area contributed by atoms with Gasteiger partial charge in [-0.2, -0.15) is 5.10 Å². The molecule has 0 radical (unpaired) electrons.